The maximum atomic E-state index is 13.9. The van der Waals surface area contributed by atoms with Crippen LogP contribution in [0.1, 0.15) is 34.6 Å². The van der Waals surface area contributed by atoms with Crippen molar-refractivity contribution in [2.45, 2.75) is 19.6 Å². The molecule has 1 aliphatic heterocycles. The van der Waals surface area contributed by atoms with Crippen LogP contribution in [0, 0.1) is 5.82 Å². The van der Waals surface area contributed by atoms with E-state index in [0.29, 0.717) is 33.1 Å². The summed E-state index contributed by atoms with van der Waals surface area (Å²) in [5, 5.41) is 0.540. The molecule has 0 radical (unpaired) electrons. The molecule has 8 nitrogen and oxygen atoms in total. The number of aromatic nitrogens is 3. The second-order valence-electron chi connectivity index (χ2n) is 6.59. The molecule has 29 heavy (non-hydrogen) atoms. The molecule has 1 aliphatic rings. The summed E-state index contributed by atoms with van der Waals surface area (Å²) in [4.78, 5) is 23.3. The van der Waals surface area contributed by atoms with Crippen molar-refractivity contribution in [3.8, 4) is 22.2 Å². The maximum Gasteiger partial charge on any atom is 0.258 e. The van der Waals surface area contributed by atoms with Crippen molar-refractivity contribution in [3.05, 3.63) is 47.0 Å². The molecule has 0 saturated carbocycles. The summed E-state index contributed by atoms with van der Waals surface area (Å²) in [5.41, 5.74) is 8.36. The summed E-state index contributed by atoms with van der Waals surface area (Å²) in [7, 11) is 3.19. The summed E-state index contributed by atoms with van der Waals surface area (Å²) < 4.78 is 29.7. The monoisotopic (exact) mass is 415 g/mol. The van der Waals surface area contributed by atoms with E-state index in [0.717, 1.165) is 11.5 Å². The van der Waals surface area contributed by atoms with E-state index in [2.05, 4.69) is 14.3 Å². The molecule has 1 aromatic carbocycles. The molecule has 0 unspecified atom stereocenters. The summed E-state index contributed by atoms with van der Waals surface area (Å²) in [6, 6.07) is 3.97. The fourth-order valence-electron chi connectivity index (χ4n) is 3.19. The average molecular weight is 415 g/mol. The minimum atomic E-state index is -0.689. The van der Waals surface area contributed by atoms with Gasteiger partial charge in [0, 0.05) is 29.7 Å². The van der Waals surface area contributed by atoms with Gasteiger partial charge in [0.15, 0.2) is 5.82 Å². The smallest absolute Gasteiger partial charge is 0.258 e. The van der Waals surface area contributed by atoms with Gasteiger partial charge in [-0.1, -0.05) is 0 Å². The lowest BCUT2D eigenvalue weighted by atomic mass is 10.0. The van der Waals surface area contributed by atoms with E-state index >= 15 is 0 Å². The molecule has 2 aromatic heterocycles. The first-order valence-corrected chi connectivity index (χ1v) is 9.53. The lowest BCUT2D eigenvalue weighted by Gasteiger charge is -2.23. The van der Waals surface area contributed by atoms with E-state index in [1.165, 1.54) is 36.4 Å². The molecule has 0 aliphatic carbocycles. The van der Waals surface area contributed by atoms with Crippen molar-refractivity contribution in [2.24, 2.45) is 0 Å². The summed E-state index contributed by atoms with van der Waals surface area (Å²) in [5.74, 6) is -0.578. The molecule has 0 spiro atoms. The summed E-state index contributed by atoms with van der Waals surface area (Å²) in [6.07, 6.45) is 0.815. The molecular formula is C19H18FN5O3S. The third kappa shape index (κ3) is 3.35. The third-order valence-corrected chi connectivity index (χ3v) is 5.49. The highest BCUT2D eigenvalue weighted by molar-refractivity contribution is 7.08. The van der Waals surface area contributed by atoms with Gasteiger partial charge < -0.3 is 20.1 Å². The Labute approximate surface area is 170 Å². The highest BCUT2D eigenvalue weighted by Gasteiger charge is 2.27. The lowest BCUT2D eigenvalue weighted by Crippen LogP contribution is -2.28. The topological polar surface area (TPSA) is 103 Å². The van der Waals surface area contributed by atoms with E-state index in [-0.39, 0.29) is 24.1 Å². The minimum absolute atomic E-state index is 0.0859. The zero-order valence-electron chi connectivity index (χ0n) is 16.0. The van der Waals surface area contributed by atoms with Crippen LogP contribution in [0.4, 0.5) is 10.2 Å². The Morgan fingerprint density at radius 2 is 2.21 bits per heavy atom. The molecule has 1 atom stereocenters. The van der Waals surface area contributed by atoms with Crippen molar-refractivity contribution in [3.63, 3.8) is 0 Å². The fraction of sp³-hybridized carbons (Fsp3) is 0.263. The van der Waals surface area contributed by atoms with Gasteiger partial charge >= 0.3 is 0 Å². The third-order valence-electron chi connectivity index (χ3n) is 4.64. The van der Waals surface area contributed by atoms with Crippen LogP contribution in [0.3, 0.4) is 0 Å². The number of nitrogens with two attached hydrogens (primary N) is 1. The van der Waals surface area contributed by atoms with Crippen molar-refractivity contribution < 1.29 is 18.7 Å². The van der Waals surface area contributed by atoms with Gasteiger partial charge in [0.2, 0.25) is 5.06 Å². The van der Waals surface area contributed by atoms with Crippen LogP contribution in [0.25, 0.3) is 11.3 Å². The number of carbonyl (C=O) groups excluding carboxylic acids is 1. The molecule has 2 N–H and O–H groups in total. The van der Waals surface area contributed by atoms with Crippen LogP contribution < -0.4 is 15.2 Å². The molecule has 10 heteroatoms. The standard InChI is InChI=1S/C19H18FN5O3S/c1-9-12-6-10(20)4-5-11(12)18(26)25(2)8-14-15(19(27-3)29-24-14)13-7-22-16(21)17(23-13)28-9/h4-7,9H,8H2,1-3H3,(H2,21,22)/t9-/m1/s1. The number of rotatable bonds is 1. The number of anilines is 1. The Hall–Kier alpha value is -3.27. The zero-order valence-corrected chi connectivity index (χ0v) is 16.8. The number of nitrogens with zero attached hydrogens (tertiary/aromatic N) is 4. The van der Waals surface area contributed by atoms with E-state index in [1.54, 1.807) is 14.0 Å². The number of hydrogen-bond acceptors (Lipinski definition) is 8. The molecule has 4 rings (SSSR count). The Morgan fingerprint density at radius 3 is 2.97 bits per heavy atom. The van der Waals surface area contributed by atoms with Gasteiger partial charge in [0.25, 0.3) is 11.8 Å². The van der Waals surface area contributed by atoms with Crippen LogP contribution in [-0.2, 0) is 6.54 Å². The predicted molar refractivity (Wildman–Crippen MR) is 105 cm³/mol. The molecule has 150 valence electrons. The number of hydrogen-bond donors (Lipinski definition) is 1. The molecule has 0 fully saturated rings. The first-order chi connectivity index (χ1) is 13.9. The number of fused-ring (bicyclic) bond motifs is 5. The van der Waals surface area contributed by atoms with Crippen LogP contribution in [-0.4, -0.2) is 39.3 Å². The Balaban J connectivity index is 1.94. The minimum Gasteiger partial charge on any atom is -0.486 e. The second-order valence-corrected chi connectivity index (χ2v) is 7.33. The van der Waals surface area contributed by atoms with E-state index in [1.807, 2.05) is 0 Å². The van der Waals surface area contributed by atoms with E-state index in [4.69, 9.17) is 15.2 Å². The van der Waals surface area contributed by atoms with Crippen molar-refractivity contribution >= 4 is 23.3 Å². The quantitative estimate of drug-likeness (QED) is 0.651. The van der Waals surface area contributed by atoms with Crippen molar-refractivity contribution in [1.82, 2.24) is 19.2 Å². The molecule has 3 aromatic rings. The van der Waals surface area contributed by atoms with Crippen molar-refractivity contribution in [1.29, 1.82) is 0 Å². The van der Waals surface area contributed by atoms with E-state index < -0.39 is 11.9 Å². The van der Waals surface area contributed by atoms with E-state index in [9.17, 15) is 9.18 Å². The van der Waals surface area contributed by atoms with Gasteiger partial charge in [0.1, 0.15) is 11.9 Å². The zero-order chi connectivity index (χ0) is 20.7. The first kappa shape index (κ1) is 19.1. The van der Waals surface area contributed by atoms with Crippen LogP contribution in [0.5, 0.6) is 10.9 Å². The number of nitrogen functional groups attached to an aromatic ring is 1. The maximum absolute atomic E-state index is 13.9. The second kappa shape index (κ2) is 7.28. The highest BCUT2D eigenvalue weighted by atomic mass is 32.1. The van der Waals surface area contributed by atoms with Crippen LogP contribution in [0.2, 0.25) is 0 Å². The molecule has 1 amide bonds. The molecular weight excluding hydrogens is 397 g/mol. The number of methoxy groups -OCH3 is 1. The fourth-order valence-corrected chi connectivity index (χ4v) is 3.92. The molecule has 2 bridgehead atoms. The van der Waals surface area contributed by atoms with Gasteiger partial charge in [-0.15, -0.1) is 0 Å². The molecule has 0 saturated heterocycles. The first-order valence-electron chi connectivity index (χ1n) is 8.76. The summed E-state index contributed by atoms with van der Waals surface area (Å²) in [6.45, 7) is 1.91. The summed E-state index contributed by atoms with van der Waals surface area (Å²) >= 11 is 1.15. The van der Waals surface area contributed by atoms with Gasteiger partial charge in [-0.05, 0) is 25.1 Å². The Bertz CT molecular complexity index is 1100. The average Bonchev–Trinajstić information content (AvgIpc) is 3.10. The van der Waals surface area contributed by atoms with Gasteiger partial charge in [-0.25, -0.2) is 14.4 Å². The normalized spacial score (nSPS) is 16.2. The predicted octanol–water partition coefficient (Wildman–Crippen LogP) is 3.06. The number of halogens is 1. The van der Waals surface area contributed by atoms with Crippen LogP contribution in [0.15, 0.2) is 24.4 Å². The van der Waals surface area contributed by atoms with Gasteiger partial charge in [-0.3, -0.25) is 4.79 Å². The SMILES string of the molecule is COc1snc2c1-c1cnc(N)c(n1)O[C@H](C)c1cc(F)ccc1C(=O)N(C)C2. The lowest BCUT2D eigenvalue weighted by molar-refractivity contribution is 0.0778. The number of amides is 1. The van der Waals surface area contributed by atoms with Gasteiger partial charge in [-0.2, -0.15) is 4.37 Å². The largest absolute Gasteiger partial charge is 0.486 e. The Morgan fingerprint density at radius 1 is 1.41 bits per heavy atom. The Kier molecular flexibility index (Phi) is 4.79. The van der Waals surface area contributed by atoms with Crippen LogP contribution >= 0.6 is 11.5 Å². The number of benzene rings is 1. The number of carbonyl (C=O) groups is 1. The van der Waals surface area contributed by atoms with Crippen molar-refractivity contribution in [2.75, 3.05) is 19.9 Å². The molecule has 3 heterocycles. The van der Waals surface area contributed by atoms with Gasteiger partial charge in [0.05, 0.1) is 36.8 Å². The highest BCUT2D eigenvalue weighted by Crippen LogP contribution is 2.38. The number of ether oxygens (including phenoxy) is 2.